The summed E-state index contributed by atoms with van der Waals surface area (Å²) < 4.78 is 53.8. The van der Waals surface area contributed by atoms with Crippen LogP contribution in [0.25, 0.3) is 10.4 Å². The van der Waals surface area contributed by atoms with E-state index in [0.717, 1.165) is 0 Å². The molecule has 1 aromatic carbocycles. The Kier molecular flexibility index (Phi) is 5.30. The van der Waals surface area contributed by atoms with Gasteiger partial charge in [-0.15, -0.1) is 0 Å². The van der Waals surface area contributed by atoms with E-state index in [1.807, 2.05) is 10.2 Å². The SMILES string of the molecule is [N-]=[N+]=Nc1c(F)c(F)c(C(=O)NCCCO)c(F)c1F. The molecule has 0 unspecified atom stereocenters. The summed E-state index contributed by atoms with van der Waals surface area (Å²) in [6.45, 7) is -0.431. The third-order valence-electron chi connectivity index (χ3n) is 2.23. The maximum atomic E-state index is 13.5. The summed E-state index contributed by atoms with van der Waals surface area (Å²) >= 11 is 0. The fourth-order valence-electron chi connectivity index (χ4n) is 1.32. The molecule has 0 radical (unpaired) electrons. The van der Waals surface area contributed by atoms with Crippen LogP contribution in [0.4, 0.5) is 23.2 Å². The molecular weight excluding hydrogens is 284 g/mol. The van der Waals surface area contributed by atoms with E-state index >= 15 is 0 Å². The number of nitrogens with zero attached hydrogens (tertiary/aromatic N) is 3. The first-order valence-corrected chi connectivity index (χ1v) is 5.25. The number of nitrogens with one attached hydrogen (secondary N) is 1. The van der Waals surface area contributed by atoms with Crippen LogP contribution in [0.3, 0.4) is 0 Å². The number of aliphatic hydroxyl groups is 1. The van der Waals surface area contributed by atoms with E-state index in [4.69, 9.17) is 10.6 Å². The van der Waals surface area contributed by atoms with Gasteiger partial charge in [-0.2, -0.15) is 0 Å². The monoisotopic (exact) mass is 292 g/mol. The number of azide groups is 1. The average Bonchev–Trinajstić information content (AvgIpc) is 2.42. The number of rotatable bonds is 5. The van der Waals surface area contributed by atoms with Gasteiger partial charge in [0.2, 0.25) is 0 Å². The van der Waals surface area contributed by atoms with Gasteiger partial charge in [0.15, 0.2) is 23.3 Å². The Balaban J connectivity index is 3.28. The summed E-state index contributed by atoms with van der Waals surface area (Å²) in [6, 6.07) is 0. The zero-order valence-corrected chi connectivity index (χ0v) is 9.83. The van der Waals surface area contributed by atoms with Crippen molar-refractivity contribution in [2.75, 3.05) is 13.2 Å². The van der Waals surface area contributed by atoms with Crippen LogP contribution in [0.15, 0.2) is 5.11 Å². The maximum absolute atomic E-state index is 13.5. The Bertz CT molecular complexity index is 558. The average molecular weight is 292 g/mol. The second kappa shape index (κ2) is 6.73. The molecule has 2 N–H and O–H groups in total. The quantitative estimate of drug-likeness (QED) is 0.217. The Morgan fingerprint density at radius 2 is 1.75 bits per heavy atom. The van der Waals surface area contributed by atoms with Crippen molar-refractivity contribution < 1.29 is 27.5 Å². The van der Waals surface area contributed by atoms with E-state index in [1.165, 1.54) is 0 Å². The van der Waals surface area contributed by atoms with Gasteiger partial charge in [-0.3, -0.25) is 4.79 Å². The number of amides is 1. The lowest BCUT2D eigenvalue weighted by atomic mass is 10.1. The lowest BCUT2D eigenvalue weighted by Gasteiger charge is -2.09. The number of benzene rings is 1. The van der Waals surface area contributed by atoms with Crippen LogP contribution >= 0.6 is 0 Å². The number of hydrogen-bond acceptors (Lipinski definition) is 3. The van der Waals surface area contributed by atoms with Crippen molar-refractivity contribution in [3.63, 3.8) is 0 Å². The first-order chi connectivity index (χ1) is 9.45. The minimum atomic E-state index is -1.97. The third-order valence-corrected chi connectivity index (χ3v) is 2.23. The predicted octanol–water partition coefficient (Wildman–Crippen LogP) is 2.30. The molecule has 1 aromatic rings. The summed E-state index contributed by atoms with van der Waals surface area (Å²) in [6.07, 6.45) is 0.0940. The molecule has 0 aliphatic carbocycles. The van der Waals surface area contributed by atoms with E-state index in [-0.39, 0.29) is 19.6 Å². The van der Waals surface area contributed by atoms with Crippen LogP contribution in [-0.2, 0) is 0 Å². The topological polar surface area (TPSA) is 98.1 Å². The normalized spacial score (nSPS) is 10.1. The zero-order valence-electron chi connectivity index (χ0n) is 9.83. The van der Waals surface area contributed by atoms with E-state index in [1.54, 1.807) is 0 Å². The van der Waals surface area contributed by atoms with Crippen LogP contribution in [0.1, 0.15) is 16.8 Å². The zero-order chi connectivity index (χ0) is 15.3. The summed E-state index contributed by atoms with van der Waals surface area (Å²) in [7, 11) is 0. The molecule has 0 atom stereocenters. The van der Waals surface area contributed by atoms with Gasteiger partial charge in [-0.1, -0.05) is 5.11 Å². The van der Waals surface area contributed by atoms with Crippen LogP contribution in [0.5, 0.6) is 0 Å². The smallest absolute Gasteiger partial charge is 0.257 e. The van der Waals surface area contributed by atoms with Gasteiger partial charge in [0.25, 0.3) is 5.91 Å². The van der Waals surface area contributed by atoms with Crippen molar-refractivity contribution in [2.45, 2.75) is 6.42 Å². The van der Waals surface area contributed by atoms with E-state index < -0.39 is 40.4 Å². The van der Waals surface area contributed by atoms with Crippen LogP contribution < -0.4 is 5.32 Å². The second-order valence-corrected chi connectivity index (χ2v) is 3.50. The van der Waals surface area contributed by atoms with Crippen molar-refractivity contribution >= 4 is 11.6 Å². The molecule has 108 valence electrons. The molecule has 0 spiro atoms. The molecule has 20 heavy (non-hydrogen) atoms. The number of aliphatic hydroxyl groups excluding tert-OH is 1. The minimum absolute atomic E-state index is 0.0940. The van der Waals surface area contributed by atoms with Crippen LogP contribution in [-0.4, -0.2) is 24.2 Å². The molecular formula is C10H8F4N4O2. The van der Waals surface area contributed by atoms with Crippen molar-refractivity contribution in [1.29, 1.82) is 0 Å². The lowest BCUT2D eigenvalue weighted by Crippen LogP contribution is -2.28. The van der Waals surface area contributed by atoms with Crippen LogP contribution in [0, 0.1) is 23.3 Å². The highest BCUT2D eigenvalue weighted by Crippen LogP contribution is 2.30. The standard InChI is InChI=1S/C10H8F4N4O2/c11-5-4(10(20)16-2-1-3-19)6(12)8(14)9(7(5)13)17-18-15/h19H,1-3H2,(H,16,20). The minimum Gasteiger partial charge on any atom is -0.396 e. The molecule has 1 rings (SSSR count). The summed E-state index contributed by atoms with van der Waals surface area (Å²) in [4.78, 5) is 13.5. The van der Waals surface area contributed by atoms with Gasteiger partial charge in [-0.25, -0.2) is 17.6 Å². The molecule has 0 aliphatic rings. The maximum Gasteiger partial charge on any atom is 0.257 e. The Labute approximate surface area is 109 Å². The third kappa shape index (κ3) is 2.98. The molecule has 0 saturated carbocycles. The second-order valence-electron chi connectivity index (χ2n) is 3.50. The van der Waals surface area contributed by atoms with Gasteiger partial charge in [0, 0.05) is 18.1 Å². The van der Waals surface area contributed by atoms with E-state index in [9.17, 15) is 22.4 Å². The highest BCUT2D eigenvalue weighted by atomic mass is 19.2. The fourth-order valence-corrected chi connectivity index (χ4v) is 1.32. The molecule has 0 fully saturated rings. The molecule has 0 aromatic heterocycles. The number of hydrogen-bond donors (Lipinski definition) is 2. The van der Waals surface area contributed by atoms with Crippen molar-refractivity contribution in [3.8, 4) is 0 Å². The molecule has 0 bridgehead atoms. The predicted molar refractivity (Wildman–Crippen MR) is 59.1 cm³/mol. The molecule has 0 saturated heterocycles. The van der Waals surface area contributed by atoms with Gasteiger partial charge < -0.3 is 10.4 Å². The summed E-state index contributed by atoms with van der Waals surface area (Å²) in [5, 5.41) is 12.9. The highest BCUT2D eigenvalue weighted by Gasteiger charge is 2.28. The fraction of sp³-hybridized carbons (Fsp3) is 0.300. The summed E-state index contributed by atoms with van der Waals surface area (Å²) in [5.74, 6) is -9.25. The Hall–Kier alpha value is -2.32. The van der Waals surface area contributed by atoms with E-state index in [0.29, 0.717) is 0 Å². The molecule has 0 heterocycles. The number of carbonyl (C=O) groups is 1. The lowest BCUT2D eigenvalue weighted by molar-refractivity contribution is 0.0940. The Morgan fingerprint density at radius 3 is 2.20 bits per heavy atom. The van der Waals surface area contributed by atoms with Gasteiger partial charge >= 0.3 is 0 Å². The molecule has 6 nitrogen and oxygen atoms in total. The molecule has 1 amide bonds. The van der Waals surface area contributed by atoms with Gasteiger partial charge in [0.05, 0.1) is 0 Å². The van der Waals surface area contributed by atoms with Gasteiger partial charge in [-0.05, 0) is 12.0 Å². The summed E-state index contributed by atoms with van der Waals surface area (Å²) in [5.41, 5.74) is 5.09. The van der Waals surface area contributed by atoms with Gasteiger partial charge in [0.1, 0.15) is 11.3 Å². The molecule has 10 heteroatoms. The first-order valence-electron chi connectivity index (χ1n) is 5.25. The van der Waals surface area contributed by atoms with Crippen molar-refractivity contribution in [3.05, 3.63) is 39.3 Å². The molecule has 0 aliphatic heterocycles. The number of carbonyl (C=O) groups excluding carboxylic acids is 1. The number of halogens is 4. The highest BCUT2D eigenvalue weighted by molar-refractivity contribution is 5.95. The van der Waals surface area contributed by atoms with Crippen molar-refractivity contribution in [1.82, 2.24) is 5.32 Å². The largest absolute Gasteiger partial charge is 0.396 e. The van der Waals surface area contributed by atoms with Crippen molar-refractivity contribution in [2.24, 2.45) is 5.11 Å². The first kappa shape index (κ1) is 15.7. The van der Waals surface area contributed by atoms with E-state index in [2.05, 4.69) is 5.11 Å². The Morgan fingerprint density at radius 1 is 1.20 bits per heavy atom. The van der Waals surface area contributed by atoms with Crippen LogP contribution in [0.2, 0.25) is 0 Å².